The summed E-state index contributed by atoms with van der Waals surface area (Å²) >= 11 is 0. The van der Waals surface area contributed by atoms with Crippen molar-refractivity contribution in [1.29, 1.82) is 0 Å². The summed E-state index contributed by atoms with van der Waals surface area (Å²) in [5, 5.41) is 14.9. The van der Waals surface area contributed by atoms with Gasteiger partial charge in [-0.05, 0) is 44.2 Å². The zero-order chi connectivity index (χ0) is 30.4. The van der Waals surface area contributed by atoms with Crippen molar-refractivity contribution < 1.29 is 28.7 Å². The van der Waals surface area contributed by atoms with E-state index in [0.717, 1.165) is 5.56 Å². The van der Waals surface area contributed by atoms with Crippen LogP contribution in [0.5, 0.6) is 0 Å². The third-order valence-electron chi connectivity index (χ3n) is 5.96. The summed E-state index contributed by atoms with van der Waals surface area (Å²) in [6, 6.07) is 7.99. The molecule has 0 bridgehead atoms. The van der Waals surface area contributed by atoms with Gasteiger partial charge in [0.05, 0.1) is 6.61 Å². The number of nitrogens with one attached hydrogen (secondary N) is 4. The molecule has 0 radical (unpaired) electrons. The number of aromatic amines is 1. The fraction of sp³-hybridized carbons (Fsp3) is 0.448. The van der Waals surface area contributed by atoms with Crippen molar-refractivity contribution in [2.45, 2.75) is 71.5 Å². The summed E-state index contributed by atoms with van der Waals surface area (Å²) in [4.78, 5) is 63.0. The van der Waals surface area contributed by atoms with Gasteiger partial charge in [0, 0.05) is 30.7 Å². The van der Waals surface area contributed by atoms with Crippen molar-refractivity contribution >= 4 is 29.6 Å². The normalized spacial score (nSPS) is 13.3. The molecule has 12 nitrogen and oxygen atoms in total. The van der Waals surface area contributed by atoms with Gasteiger partial charge in [0.1, 0.15) is 17.8 Å². The lowest BCUT2D eigenvalue weighted by Crippen LogP contribution is -2.55. The number of rotatable bonds is 16. The predicted octanol–water partition coefficient (Wildman–Crippen LogP) is 1.46. The first-order chi connectivity index (χ1) is 19.5. The Kier molecular flexibility index (Phi) is 13.2. The molecule has 1 aromatic carbocycles. The molecule has 0 aliphatic rings. The van der Waals surface area contributed by atoms with E-state index in [9.17, 15) is 24.0 Å². The number of esters is 1. The van der Waals surface area contributed by atoms with Gasteiger partial charge in [-0.25, -0.2) is 4.79 Å². The van der Waals surface area contributed by atoms with E-state index >= 15 is 0 Å². The standard InChI is InChI=1S/C29H40N6O6/c1-5-41-26(37)14-12-21(11-13-25(30)36)31-27(38)23(17-20-9-7-6-8-10-20)33-28(39)22(15-18(2)3)32-29(40)24-16-19(4)34-35-24/h6-10,12,14,16,18,21-23H,5,11,13,15,17H2,1-4H3,(H2,30,36)(H,31,38)(H,32,40)(H,33,39)(H,34,35)/b14-12+/t21-,22-,23-/m0/s1. The molecular weight excluding hydrogens is 528 g/mol. The number of H-pyrrole nitrogens is 1. The molecule has 0 saturated heterocycles. The first-order valence-corrected chi connectivity index (χ1v) is 13.6. The van der Waals surface area contributed by atoms with Crippen LogP contribution in [0.2, 0.25) is 0 Å². The van der Waals surface area contributed by atoms with Gasteiger partial charge in [-0.1, -0.05) is 50.3 Å². The molecule has 6 N–H and O–H groups in total. The minimum absolute atomic E-state index is 0.0387. The smallest absolute Gasteiger partial charge is 0.330 e. The molecule has 0 fully saturated rings. The van der Waals surface area contributed by atoms with Crippen molar-refractivity contribution in [3.63, 3.8) is 0 Å². The minimum atomic E-state index is -1.03. The fourth-order valence-corrected chi connectivity index (χ4v) is 3.98. The molecule has 0 spiro atoms. The first kappa shape index (κ1) is 32.7. The van der Waals surface area contributed by atoms with E-state index in [1.807, 2.05) is 44.2 Å². The number of hydrogen-bond acceptors (Lipinski definition) is 7. The molecule has 0 aliphatic heterocycles. The maximum absolute atomic E-state index is 13.5. The molecule has 0 saturated carbocycles. The number of ether oxygens (including phenoxy) is 1. The molecule has 0 unspecified atom stereocenters. The highest BCUT2D eigenvalue weighted by Crippen LogP contribution is 2.10. The van der Waals surface area contributed by atoms with Crippen molar-refractivity contribution in [3.05, 3.63) is 65.5 Å². The number of carbonyl (C=O) groups excluding carboxylic acids is 5. The van der Waals surface area contributed by atoms with Gasteiger partial charge in [-0.15, -0.1) is 0 Å². The minimum Gasteiger partial charge on any atom is -0.463 e. The van der Waals surface area contributed by atoms with Crippen LogP contribution >= 0.6 is 0 Å². The zero-order valence-corrected chi connectivity index (χ0v) is 23.9. The number of primary amides is 1. The average molecular weight is 569 g/mol. The second kappa shape index (κ2) is 16.6. The zero-order valence-electron chi connectivity index (χ0n) is 23.9. The molecule has 3 atom stereocenters. The van der Waals surface area contributed by atoms with Crippen molar-refractivity contribution in [2.75, 3.05) is 6.61 Å². The third kappa shape index (κ3) is 12.1. The number of aromatic nitrogens is 2. The lowest BCUT2D eigenvalue weighted by atomic mass is 10.0. The van der Waals surface area contributed by atoms with Crippen LogP contribution in [0.4, 0.5) is 0 Å². The summed E-state index contributed by atoms with van der Waals surface area (Å²) in [6.07, 6.45) is 3.17. The SMILES string of the molecule is CCOC(=O)/C=C/[C@H](CCC(N)=O)NC(=O)[C@H](Cc1ccccc1)NC(=O)[C@H](CC(C)C)NC(=O)c1cc(C)[nH]n1. The summed E-state index contributed by atoms with van der Waals surface area (Å²) in [5.41, 5.74) is 6.93. The van der Waals surface area contributed by atoms with E-state index < -0.39 is 47.7 Å². The highest BCUT2D eigenvalue weighted by molar-refractivity contribution is 5.97. The molecule has 222 valence electrons. The van der Waals surface area contributed by atoms with E-state index in [1.54, 1.807) is 19.9 Å². The van der Waals surface area contributed by atoms with E-state index in [2.05, 4.69) is 26.1 Å². The van der Waals surface area contributed by atoms with Crippen LogP contribution in [0.1, 0.15) is 61.8 Å². The number of nitrogens with zero attached hydrogens (tertiary/aromatic N) is 1. The molecule has 2 rings (SSSR count). The Balaban J connectivity index is 2.27. The topological polar surface area (TPSA) is 185 Å². The second-order valence-electron chi connectivity index (χ2n) is 10.1. The molecule has 2 aromatic rings. The van der Waals surface area contributed by atoms with Crippen LogP contribution in [0.25, 0.3) is 0 Å². The maximum Gasteiger partial charge on any atom is 0.330 e. The number of benzene rings is 1. The monoisotopic (exact) mass is 568 g/mol. The summed E-state index contributed by atoms with van der Waals surface area (Å²) in [7, 11) is 0. The van der Waals surface area contributed by atoms with Crippen molar-refractivity contribution in [1.82, 2.24) is 26.1 Å². The Morgan fingerprint density at radius 1 is 1.02 bits per heavy atom. The van der Waals surface area contributed by atoms with Gasteiger partial charge in [-0.2, -0.15) is 5.10 Å². The number of hydrogen-bond donors (Lipinski definition) is 5. The molecular formula is C29H40N6O6. The van der Waals surface area contributed by atoms with E-state index in [4.69, 9.17) is 10.5 Å². The van der Waals surface area contributed by atoms with Crippen LogP contribution in [0, 0.1) is 12.8 Å². The van der Waals surface area contributed by atoms with Gasteiger partial charge < -0.3 is 26.4 Å². The van der Waals surface area contributed by atoms with E-state index in [1.165, 1.54) is 12.2 Å². The van der Waals surface area contributed by atoms with E-state index in [-0.39, 0.29) is 37.5 Å². The molecule has 41 heavy (non-hydrogen) atoms. The largest absolute Gasteiger partial charge is 0.463 e. The molecule has 0 aliphatic carbocycles. The van der Waals surface area contributed by atoms with Gasteiger partial charge in [-0.3, -0.25) is 24.3 Å². The van der Waals surface area contributed by atoms with Crippen molar-refractivity contribution in [3.8, 4) is 0 Å². The Bertz CT molecular complexity index is 1210. The Morgan fingerprint density at radius 2 is 1.71 bits per heavy atom. The van der Waals surface area contributed by atoms with Gasteiger partial charge in [0.15, 0.2) is 0 Å². The lowest BCUT2D eigenvalue weighted by Gasteiger charge is -2.25. The van der Waals surface area contributed by atoms with Crippen LogP contribution in [0.3, 0.4) is 0 Å². The van der Waals surface area contributed by atoms with E-state index in [0.29, 0.717) is 12.1 Å². The average Bonchev–Trinajstić information content (AvgIpc) is 3.36. The van der Waals surface area contributed by atoms with Gasteiger partial charge in [0.25, 0.3) is 5.91 Å². The quantitative estimate of drug-likeness (QED) is 0.150. The molecule has 4 amide bonds. The lowest BCUT2D eigenvalue weighted by molar-refractivity contribution is -0.137. The third-order valence-corrected chi connectivity index (χ3v) is 5.96. The Hall–Kier alpha value is -4.48. The molecule has 1 aromatic heterocycles. The van der Waals surface area contributed by atoms with Crippen molar-refractivity contribution in [2.24, 2.45) is 11.7 Å². The Labute approximate surface area is 239 Å². The molecule has 1 heterocycles. The number of amides is 4. The van der Waals surface area contributed by atoms with Crippen LogP contribution in [0.15, 0.2) is 48.6 Å². The molecule has 12 heteroatoms. The highest BCUT2D eigenvalue weighted by Gasteiger charge is 2.29. The number of carbonyl (C=O) groups is 5. The second-order valence-corrected chi connectivity index (χ2v) is 10.1. The fourth-order valence-electron chi connectivity index (χ4n) is 3.98. The number of aryl methyl sites for hydroxylation is 1. The van der Waals surface area contributed by atoms with Gasteiger partial charge >= 0.3 is 5.97 Å². The predicted molar refractivity (Wildman–Crippen MR) is 152 cm³/mol. The van der Waals surface area contributed by atoms with Gasteiger partial charge in [0.2, 0.25) is 17.7 Å². The number of nitrogens with two attached hydrogens (primary N) is 1. The summed E-state index contributed by atoms with van der Waals surface area (Å²) < 4.78 is 4.90. The summed E-state index contributed by atoms with van der Waals surface area (Å²) in [5.74, 6) is -2.70. The highest BCUT2D eigenvalue weighted by atomic mass is 16.5. The summed E-state index contributed by atoms with van der Waals surface area (Å²) in [6.45, 7) is 7.44. The maximum atomic E-state index is 13.5. The van der Waals surface area contributed by atoms with Crippen LogP contribution < -0.4 is 21.7 Å². The van der Waals surface area contributed by atoms with Crippen LogP contribution in [-0.2, 0) is 30.3 Å². The first-order valence-electron chi connectivity index (χ1n) is 13.6. The van der Waals surface area contributed by atoms with Crippen LogP contribution in [-0.4, -0.2) is 64.5 Å². The Morgan fingerprint density at radius 3 is 2.29 bits per heavy atom.